The molecular weight excluding hydrogens is 488 g/mol. The number of rotatable bonds is 6. The normalized spacial score (nSPS) is 11.6. The molecule has 1 aromatic heterocycles. The highest BCUT2D eigenvalue weighted by atomic mass is 79.9. The van der Waals surface area contributed by atoms with E-state index in [1.54, 1.807) is 0 Å². The van der Waals surface area contributed by atoms with Crippen molar-refractivity contribution in [3.63, 3.8) is 0 Å². The Balaban J connectivity index is 1.73. The predicted octanol–water partition coefficient (Wildman–Crippen LogP) is 7.39. The monoisotopic (exact) mass is 518 g/mol. The van der Waals surface area contributed by atoms with E-state index in [0.717, 1.165) is 51.4 Å². The number of halogens is 1. The summed E-state index contributed by atoms with van der Waals surface area (Å²) in [5.74, 6) is 0.676. The standard InChI is InChI=1S/C28H31BrN4O/c1-6-33(7-2)25-17-23-22(16-24(25)32-27(34)19-10-14-21(29)15-11-19)30-26(31-23)18-8-12-20(13-9-18)28(3,4)5/h8-17H,6-7H2,1-5H3,(H,30,31)(H,32,34). The molecule has 6 heteroatoms. The summed E-state index contributed by atoms with van der Waals surface area (Å²) in [7, 11) is 0. The molecule has 2 N–H and O–H groups in total. The van der Waals surface area contributed by atoms with Crippen LogP contribution in [0.15, 0.2) is 65.1 Å². The average Bonchev–Trinajstić information content (AvgIpc) is 3.23. The van der Waals surface area contributed by atoms with Gasteiger partial charge in [-0.25, -0.2) is 4.98 Å². The molecule has 0 fully saturated rings. The largest absolute Gasteiger partial charge is 0.370 e. The molecule has 3 aromatic carbocycles. The van der Waals surface area contributed by atoms with E-state index in [9.17, 15) is 4.79 Å². The lowest BCUT2D eigenvalue weighted by molar-refractivity contribution is 0.102. The van der Waals surface area contributed by atoms with Gasteiger partial charge in [-0.15, -0.1) is 0 Å². The van der Waals surface area contributed by atoms with Gasteiger partial charge in [-0.1, -0.05) is 61.0 Å². The van der Waals surface area contributed by atoms with Gasteiger partial charge < -0.3 is 15.2 Å². The Hall–Kier alpha value is -3.12. The minimum Gasteiger partial charge on any atom is -0.370 e. The lowest BCUT2D eigenvalue weighted by Crippen LogP contribution is -2.24. The van der Waals surface area contributed by atoms with E-state index >= 15 is 0 Å². The summed E-state index contributed by atoms with van der Waals surface area (Å²) in [6, 6.07) is 19.9. The third kappa shape index (κ3) is 5.02. The molecule has 0 aliphatic heterocycles. The van der Waals surface area contributed by atoms with Crippen molar-refractivity contribution in [2.45, 2.75) is 40.0 Å². The van der Waals surface area contributed by atoms with Gasteiger partial charge in [0.2, 0.25) is 0 Å². The molecule has 176 valence electrons. The number of carbonyl (C=O) groups excluding carboxylic acids is 1. The van der Waals surface area contributed by atoms with Crippen molar-refractivity contribution in [3.8, 4) is 11.4 Å². The fraction of sp³-hybridized carbons (Fsp3) is 0.286. The average molecular weight is 519 g/mol. The number of amides is 1. The molecule has 0 bridgehead atoms. The van der Waals surface area contributed by atoms with Crippen LogP contribution in [0.3, 0.4) is 0 Å². The van der Waals surface area contributed by atoms with Crippen molar-refractivity contribution in [2.24, 2.45) is 0 Å². The maximum absolute atomic E-state index is 13.0. The van der Waals surface area contributed by atoms with Crippen LogP contribution >= 0.6 is 15.9 Å². The number of anilines is 2. The van der Waals surface area contributed by atoms with E-state index in [1.807, 2.05) is 30.3 Å². The highest BCUT2D eigenvalue weighted by Gasteiger charge is 2.17. The van der Waals surface area contributed by atoms with E-state index in [2.05, 4.69) is 96.1 Å². The van der Waals surface area contributed by atoms with Crippen LogP contribution in [-0.2, 0) is 5.41 Å². The smallest absolute Gasteiger partial charge is 0.255 e. The number of H-pyrrole nitrogens is 1. The van der Waals surface area contributed by atoms with Crippen molar-refractivity contribution in [2.75, 3.05) is 23.3 Å². The van der Waals surface area contributed by atoms with E-state index in [1.165, 1.54) is 5.56 Å². The molecule has 0 saturated heterocycles. The van der Waals surface area contributed by atoms with Crippen LogP contribution in [0.5, 0.6) is 0 Å². The minimum absolute atomic E-state index is 0.104. The maximum Gasteiger partial charge on any atom is 0.255 e. The lowest BCUT2D eigenvalue weighted by atomic mass is 9.87. The molecule has 5 nitrogen and oxygen atoms in total. The fourth-order valence-electron chi connectivity index (χ4n) is 4.03. The molecule has 0 unspecified atom stereocenters. The topological polar surface area (TPSA) is 61.0 Å². The molecule has 1 heterocycles. The molecule has 4 aromatic rings. The number of aromatic nitrogens is 2. The zero-order valence-corrected chi connectivity index (χ0v) is 22.0. The molecule has 0 spiro atoms. The summed E-state index contributed by atoms with van der Waals surface area (Å²) in [5.41, 5.74) is 6.52. The van der Waals surface area contributed by atoms with Crippen molar-refractivity contribution in [3.05, 3.63) is 76.3 Å². The molecule has 4 rings (SSSR count). The van der Waals surface area contributed by atoms with Gasteiger partial charge in [-0.05, 0) is 61.2 Å². The Bertz CT molecular complexity index is 1300. The SMILES string of the molecule is CCN(CC)c1cc2nc(-c3ccc(C(C)(C)C)cc3)[nH]c2cc1NC(=O)c1ccc(Br)cc1. The van der Waals surface area contributed by atoms with Gasteiger partial charge in [0.15, 0.2) is 0 Å². The van der Waals surface area contributed by atoms with Crippen LogP contribution < -0.4 is 10.2 Å². The number of nitrogens with one attached hydrogen (secondary N) is 2. The second kappa shape index (κ2) is 9.63. The molecular formula is C28H31BrN4O. The molecule has 0 atom stereocenters. The van der Waals surface area contributed by atoms with Crippen molar-refractivity contribution in [1.82, 2.24) is 9.97 Å². The van der Waals surface area contributed by atoms with Crippen LogP contribution in [0.4, 0.5) is 11.4 Å². The van der Waals surface area contributed by atoms with Crippen LogP contribution in [-0.4, -0.2) is 29.0 Å². The number of carbonyl (C=O) groups is 1. The number of hydrogen-bond acceptors (Lipinski definition) is 3. The molecule has 0 aliphatic carbocycles. The van der Waals surface area contributed by atoms with E-state index in [4.69, 9.17) is 4.98 Å². The summed E-state index contributed by atoms with van der Waals surface area (Å²) in [5, 5.41) is 3.12. The summed E-state index contributed by atoms with van der Waals surface area (Å²) in [6.45, 7) is 12.5. The number of hydrogen-bond donors (Lipinski definition) is 2. The zero-order valence-electron chi connectivity index (χ0n) is 20.4. The second-order valence-electron chi connectivity index (χ2n) is 9.43. The first-order valence-corrected chi connectivity index (χ1v) is 12.5. The Morgan fingerprint density at radius 3 is 2.24 bits per heavy atom. The second-order valence-corrected chi connectivity index (χ2v) is 10.3. The van der Waals surface area contributed by atoms with Gasteiger partial charge in [0.1, 0.15) is 5.82 Å². The number of fused-ring (bicyclic) bond motifs is 1. The van der Waals surface area contributed by atoms with Gasteiger partial charge in [0.25, 0.3) is 5.91 Å². The Morgan fingerprint density at radius 2 is 1.65 bits per heavy atom. The molecule has 0 radical (unpaired) electrons. The Kier molecular flexibility index (Phi) is 6.80. The fourth-order valence-corrected chi connectivity index (χ4v) is 4.30. The van der Waals surface area contributed by atoms with Gasteiger partial charge in [0.05, 0.1) is 22.4 Å². The van der Waals surface area contributed by atoms with Gasteiger partial charge >= 0.3 is 0 Å². The Labute approximate surface area is 209 Å². The summed E-state index contributed by atoms with van der Waals surface area (Å²) in [6.07, 6.45) is 0. The highest BCUT2D eigenvalue weighted by molar-refractivity contribution is 9.10. The molecule has 1 amide bonds. The van der Waals surface area contributed by atoms with Crippen LogP contribution in [0.2, 0.25) is 0 Å². The first kappa shape index (κ1) is 24.0. The van der Waals surface area contributed by atoms with E-state index in [0.29, 0.717) is 5.56 Å². The number of imidazole rings is 1. The number of nitrogens with zero attached hydrogens (tertiary/aromatic N) is 2. The maximum atomic E-state index is 13.0. The van der Waals surface area contributed by atoms with E-state index < -0.39 is 0 Å². The van der Waals surface area contributed by atoms with Gasteiger partial charge in [0, 0.05) is 28.7 Å². The van der Waals surface area contributed by atoms with Crippen LogP contribution in [0.1, 0.15) is 50.5 Å². The van der Waals surface area contributed by atoms with E-state index in [-0.39, 0.29) is 11.3 Å². The number of aromatic amines is 1. The van der Waals surface area contributed by atoms with Crippen LogP contribution in [0, 0.1) is 0 Å². The third-order valence-corrected chi connectivity index (χ3v) is 6.61. The van der Waals surface area contributed by atoms with Crippen molar-refractivity contribution >= 4 is 44.2 Å². The highest BCUT2D eigenvalue weighted by Crippen LogP contribution is 2.33. The first-order valence-electron chi connectivity index (χ1n) is 11.7. The zero-order chi connectivity index (χ0) is 24.5. The molecule has 0 saturated carbocycles. The van der Waals surface area contributed by atoms with Crippen molar-refractivity contribution < 1.29 is 4.79 Å². The summed E-state index contributed by atoms with van der Waals surface area (Å²) in [4.78, 5) is 23.5. The summed E-state index contributed by atoms with van der Waals surface area (Å²) < 4.78 is 0.940. The van der Waals surface area contributed by atoms with Gasteiger partial charge in [-0.2, -0.15) is 0 Å². The quantitative estimate of drug-likeness (QED) is 0.279. The van der Waals surface area contributed by atoms with Crippen molar-refractivity contribution in [1.29, 1.82) is 0 Å². The molecule has 34 heavy (non-hydrogen) atoms. The van der Waals surface area contributed by atoms with Crippen LogP contribution in [0.25, 0.3) is 22.4 Å². The number of benzene rings is 3. The molecule has 0 aliphatic rings. The Morgan fingerprint density at radius 1 is 1.00 bits per heavy atom. The predicted molar refractivity (Wildman–Crippen MR) is 146 cm³/mol. The summed E-state index contributed by atoms with van der Waals surface area (Å²) >= 11 is 3.42. The third-order valence-electron chi connectivity index (χ3n) is 6.08. The minimum atomic E-state index is -0.141. The lowest BCUT2D eigenvalue weighted by Gasteiger charge is -2.24. The first-order chi connectivity index (χ1) is 16.2. The van der Waals surface area contributed by atoms with Gasteiger partial charge in [-0.3, -0.25) is 4.79 Å².